The molecule has 1 aliphatic carbocycles. The van der Waals surface area contributed by atoms with Crippen LogP contribution in [-0.4, -0.2) is 40.7 Å². The highest BCUT2D eigenvalue weighted by molar-refractivity contribution is 6.32. The van der Waals surface area contributed by atoms with Crippen LogP contribution in [0.3, 0.4) is 0 Å². The Balaban J connectivity index is 1.62. The number of halogens is 1. The van der Waals surface area contributed by atoms with E-state index in [1.165, 1.54) is 4.90 Å². The lowest BCUT2D eigenvalue weighted by atomic mass is 9.76. The van der Waals surface area contributed by atoms with Gasteiger partial charge in [0.2, 0.25) is 17.4 Å². The van der Waals surface area contributed by atoms with Gasteiger partial charge < -0.3 is 20.5 Å². The van der Waals surface area contributed by atoms with Crippen molar-refractivity contribution in [3.05, 3.63) is 28.3 Å². The highest BCUT2D eigenvalue weighted by Gasteiger charge is 2.74. The molecule has 0 bridgehead atoms. The van der Waals surface area contributed by atoms with E-state index < -0.39 is 29.4 Å². The van der Waals surface area contributed by atoms with Crippen LogP contribution in [0.1, 0.15) is 56.1 Å². The molecule has 9 heteroatoms. The molecule has 8 nitrogen and oxygen atoms in total. The summed E-state index contributed by atoms with van der Waals surface area (Å²) < 4.78 is 0. The van der Waals surface area contributed by atoms with E-state index in [0.717, 1.165) is 32.1 Å². The van der Waals surface area contributed by atoms with Crippen molar-refractivity contribution < 1.29 is 29.6 Å². The van der Waals surface area contributed by atoms with Crippen molar-refractivity contribution in [2.75, 3.05) is 5.32 Å². The van der Waals surface area contributed by atoms with Gasteiger partial charge in [-0.3, -0.25) is 19.3 Å². The number of anilines is 1. The van der Waals surface area contributed by atoms with E-state index in [-0.39, 0.29) is 36.6 Å². The lowest BCUT2D eigenvalue weighted by molar-refractivity contribution is -0.734. The molecule has 2 saturated heterocycles. The number of amides is 3. The van der Waals surface area contributed by atoms with Crippen molar-refractivity contribution in [2.45, 2.75) is 69.5 Å². The first-order valence-electron chi connectivity index (χ1n) is 11.3. The molecule has 0 aromatic heterocycles. The molecule has 3 heterocycles. The van der Waals surface area contributed by atoms with Crippen LogP contribution in [-0.2, 0) is 24.7 Å². The molecule has 3 fully saturated rings. The second-order valence-corrected chi connectivity index (χ2v) is 9.91. The van der Waals surface area contributed by atoms with Gasteiger partial charge in [-0.25, -0.2) is 0 Å². The Kier molecular flexibility index (Phi) is 5.05. The van der Waals surface area contributed by atoms with Crippen LogP contribution in [0.2, 0.25) is 5.02 Å². The summed E-state index contributed by atoms with van der Waals surface area (Å²) in [4.78, 5) is 53.5. The molecule has 0 unspecified atom stereocenters. The van der Waals surface area contributed by atoms with Gasteiger partial charge in [-0.2, -0.15) is 0 Å². The molecule has 4 aliphatic rings. The van der Waals surface area contributed by atoms with E-state index >= 15 is 0 Å². The SMILES string of the molecule is Cc1c(Cl)ccc2c1NC(=O)[C@@]21[NH2+][C@@H](CCC(=O)[O-])[C@H]2C(=O)N(C3CCCCC3)C(=O)[C@H]21. The summed E-state index contributed by atoms with van der Waals surface area (Å²) in [6.45, 7) is 1.80. The van der Waals surface area contributed by atoms with E-state index in [4.69, 9.17) is 11.6 Å². The Bertz CT molecular complexity index is 1040. The fraction of sp³-hybridized carbons (Fsp3) is 0.565. The number of carboxylic acid groups (broad SMARTS) is 1. The van der Waals surface area contributed by atoms with Crippen molar-refractivity contribution in [1.82, 2.24) is 4.90 Å². The zero-order chi connectivity index (χ0) is 22.8. The van der Waals surface area contributed by atoms with Crippen LogP contribution >= 0.6 is 11.6 Å². The number of nitrogens with zero attached hydrogens (tertiary/aromatic N) is 1. The first kappa shape index (κ1) is 21.4. The number of rotatable bonds is 4. The van der Waals surface area contributed by atoms with Gasteiger partial charge in [-0.05, 0) is 43.9 Å². The summed E-state index contributed by atoms with van der Waals surface area (Å²) in [5, 5.41) is 16.3. The fourth-order valence-corrected chi connectivity index (χ4v) is 6.58. The molecular weight excluding hydrogens is 434 g/mol. The van der Waals surface area contributed by atoms with Gasteiger partial charge in [0.1, 0.15) is 17.9 Å². The topological polar surface area (TPSA) is 123 Å². The molecule has 0 radical (unpaired) electrons. The predicted octanol–water partition coefficient (Wildman–Crippen LogP) is 0.205. The minimum atomic E-state index is -1.30. The van der Waals surface area contributed by atoms with Gasteiger partial charge in [0.05, 0.1) is 5.69 Å². The summed E-state index contributed by atoms with van der Waals surface area (Å²) in [5.41, 5.74) is 0.622. The number of imide groups is 1. The Morgan fingerprint density at radius 3 is 2.62 bits per heavy atom. The summed E-state index contributed by atoms with van der Waals surface area (Å²) >= 11 is 6.27. The minimum absolute atomic E-state index is 0.149. The van der Waals surface area contributed by atoms with Crippen molar-refractivity contribution in [3.8, 4) is 0 Å². The number of carboxylic acids is 1. The third-order valence-electron chi connectivity index (χ3n) is 7.89. The Labute approximate surface area is 190 Å². The third-order valence-corrected chi connectivity index (χ3v) is 8.30. The number of aliphatic carboxylic acids is 1. The van der Waals surface area contributed by atoms with Crippen LogP contribution in [0, 0.1) is 18.8 Å². The van der Waals surface area contributed by atoms with E-state index in [1.807, 2.05) is 0 Å². The fourth-order valence-electron chi connectivity index (χ4n) is 6.42. The maximum absolute atomic E-state index is 13.8. The van der Waals surface area contributed by atoms with E-state index in [0.29, 0.717) is 21.8 Å². The predicted molar refractivity (Wildman–Crippen MR) is 112 cm³/mol. The van der Waals surface area contributed by atoms with Gasteiger partial charge in [-0.15, -0.1) is 0 Å². The van der Waals surface area contributed by atoms with Crippen LogP contribution in [0.25, 0.3) is 0 Å². The van der Waals surface area contributed by atoms with E-state index in [9.17, 15) is 24.3 Å². The number of hydrogen-bond donors (Lipinski definition) is 2. The van der Waals surface area contributed by atoms with Gasteiger partial charge in [0, 0.05) is 29.0 Å². The van der Waals surface area contributed by atoms with Crippen molar-refractivity contribution >= 4 is 41.0 Å². The smallest absolute Gasteiger partial charge is 0.291 e. The molecule has 1 spiro atoms. The van der Waals surface area contributed by atoms with Gasteiger partial charge in [0.15, 0.2) is 0 Å². The average Bonchev–Trinajstić information content (AvgIpc) is 3.35. The summed E-state index contributed by atoms with van der Waals surface area (Å²) in [6.07, 6.45) is 4.47. The number of carbonyl (C=O) groups excluding carboxylic acids is 4. The maximum Gasteiger partial charge on any atom is 0.291 e. The molecule has 1 aromatic rings. The number of hydrogen-bond acceptors (Lipinski definition) is 5. The standard InChI is InChI=1S/C23H26ClN3O5/c1-11-14(24)8-7-13-19(11)25-22(32)23(13)18-17(15(26-23)9-10-16(28)29)20(30)27(21(18)31)12-5-3-2-4-6-12/h7-8,12,15,17-18,26H,2-6,9-10H2,1H3,(H,25,32)(H,28,29)/t15-,17+,18-,23+/m0/s1. The number of quaternary nitrogens is 1. The van der Waals surface area contributed by atoms with Crippen LogP contribution in [0.5, 0.6) is 0 Å². The van der Waals surface area contributed by atoms with Gasteiger partial charge >= 0.3 is 0 Å². The molecular formula is C23H26ClN3O5. The van der Waals surface area contributed by atoms with Gasteiger partial charge in [-0.1, -0.05) is 30.9 Å². The summed E-state index contributed by atoms with van der Waals surface area (Å²) in [6, 6.07) is 2.80. The van der Waals surface area contributed by atoms with Crippen molar-refractivity contribution in [1.29, 1.82) is 0 Å². The Morgan fingerprint density at radius 1 is 1.22 bits per heavy atom. The summed E-state index contributed by atoms with van der Waals surface area (Å²) in [7, 11) is 0. The van der Waals surface area contributed by atoms with Crippen LogP contribution < -0.4 is 15.7 Å². The largest absolute Gasteiger partial charge is 0.550 e. The lowest BCUT2D eigenvalue weighted by Gasteiger charge is -2.32. The second kappa shape index (κ2) is 7.56. The highest BCUT2D eigenvalue weighted by Crippen LogP contribution is 2.51. The molecule has 170 valence electrons. The van der Waals surface area contributed by atoms with Crippen molar-refractivity contribution in [3.63, 3.8) is 0 Å². The number of carbonyl (C=O) groups is 4. The minimum Gasteiger partial charge on any atom is -0.550 e. The zero-order valence-corrected chi connectivity index (χ0v) is 18.6. The van der Waals surface area contributed by atoms with Crippen LogP contribution in [0.4, 0.5) is 5.69 Å². The number of likely N-dealkylation sites (tertiary alicyclic amines) is 1. The second-order valence-electron chi connectivity index (χ2n) is 9.50. The summed E-state index contributed by atoms with van der Waals surface area (Å²) in [5.74, 6) is -3.75. The zero-order valence-electron chi connectivity index (χ0n) is 17.9. The monoisotopic (exact) mass is 459 g/mol. The number of fused-ring (bicyclic) bond motifs is 4. The molecule has 1 aromatic carbocycles. The highest BCUT2D eigenvalue weighted by atomic mass is 35.5. The number of benzene rings is 1. The average molecular weight is 460 g/mol. The molecule has 5 rings (SSSR count). The maximum atomic E-state index is 13.8. The Hall–Kier alpha value is -2.45. The van der Waals surface area contributed by atoms with E-state index in [1.54, 1.807) is 24.4 Å². The quantitative estimate of drug-likeness (QED) is 0.623. The normalized spacial score (nSPS) is 31.9. The van der Waals surface area contributed by atoms with E-state index in [2.05, 4.69) is 5.32 Å². The molecule has 3 amide bonds. The number of nitrogens with two attached hydrogens (primary N) is 1. The van der Waals surface area contributed by atoms with Gasteiger partial charge in [0.25, 0.3) is 5.91 Å². The first-order chi connectivity index (χ1) is 15.3. The molecule has 32 heavy (non-hydrogen) atoms. The number of nitrogens with one attached hydrogen (secondary N) is 1. The lowest BCUT2D eigenvalue weighted by Crippen LogP contribution is -2.99. The molecule has 3 N–H and O–H groups in total. The molecule has 3 aliphatic heterocycles. The molecule has 4 atom stereocenters. The van der Waals surface area contributed by atoms with Crippen molar-refractivity contribution in [2.24, 2.45) is 11.8 Å². The first-order valence-corrected chi connectivity index (χ1v) is 11.7. The Morgan fingerprint density at radius 2 is 1.94 bits per heavy atom. The molecule has 1 saturated carbocycles. The van der Waals surface area contributed by atoms with Crippen LogP contribution in [0.15, 0.2) is 12.1 Å². The third kappa shape index (κ3) is 2.85.